The van der Waals surface area contributed by atoms with E-state index >= 15 is 0 Å². The minimum atomic E-state index is -1.53. The number of nitrogen functional groups attached to an aromatic ring is 1. The van der Waals surface area contributed by atoms with Crippen molar-refractivity contribution in [1.29, 1.82) is 0 Å². The van der Waals surface area contributed by atoms with Crippen LogP contribution in [0.1, 0.15) is 56.7 Å². The average molecular weight is 681 g/mol. The lowest BCUT2D eigenvalue weighted by atomic mass is 9.98. The number of nitrogens with zero attached hydrogens (tertiary/aromatic N) is 3. The van der Waals surface area contributed by atoms with Gasteiger partial charge in [-0.1, -0.05) is 42.7 Å². The highest BCUT2D eigenvalue weighted by Crippen LogP contribution is 2.41. The third-order valence-electron chi connectivity index (χ3n) is 8.88. The number of carbonyl (C=O) groups is 3. The molecule has 0 unspecified atom stereocenters. The van der Waals surface area contributed by atoms with Gasteiger partial charge in [0.25, 0.3) is 0 Å². The lowest BCUT2D eigenvalue weighted by Crippen LogP contribution is -2.45. The van der Waals surface area contributed by atoms with E-state index in [1.165, 1.54) is 0 Å². The number of carbonyl (C=O) groups excluding carboxylic acids is 3. The van der Waals surface area contributed by atoms with Crippen molar-refractivity contribution in [3.63, 3.8) is 0 Å². The van der Waals surface area contributed by atoms with Gasteiger partial charge in [0.15, 0.2) is 0 Å². The highest BCUT2D eigenvalue weighted by atomic mass is 35.5. The molecule has 0 spiro atoms. The first-order valence-electron chi connectivity index (χ1n) is 15.8. The van der Waals surface area contributed by atoms with E-state index in [-0.39, 0.29) is 55.1 Å². The summed E-state index contributed by atoms with van der Waals surface area (Å²) in [7, 11) is 0. The zero-order valence-electron chi connectivity index (χ0n) is 25.7. The second-order valence-electron chi connectivity index (χ2n) is 12.0. The van der Waals surface area contributed by atoms with Gasteiger partial charge in [-0.25, -0.2) is 9.78 Å². The fourth-order valence-corrected chi connectivity index (χ4v) is 8.14. The third-order valence-corrected chi connectivity index (χ3v) is 10.6. The highest BCUT2D eigenvalue weighted by Gasteiger charge is 2.52. The van der Waals surface area contributed by atoms with Gasteiger partial charge < -0.3 is 35.1 Å². The number of aromatic nitrogens is 3. The van der Waals surface area contributed by atoms with Crippen LogP contribution in [0.25, 0.3) is 11.0 Å². The first-order chi connectivity index (χ1) is 22.7. The number of benzene rings is 1. The van der Waals surface area contributed by atoms with Crippen molar-refractivity contribution in [2.45, 2.75) is 86.6 Å². The van der Waals surface area contributed by atoms with E-state index in [1.807, 2.05) is 42.1 Å². The molecule has 6 atom stereocenters. The van der Waals surface area contributed by atoms with Crippen molar-refractivity contribution in [2.75, 3.05) is 18.1 Å². The summed E-state index contributed by atoms with van der Waals surface area (Å²) >= 11 is 7.94. The molecule has 14 heteroatoms. The van der Waals surface area contributed by atoms with Crippen molar-refractivity contribution in [2.24, 2.45) is 0 Å². The van der Waals surface area contributed by atoms with Crippen molar-refractivity contribution in [3.05, 3.63) is 53.4 Å². The van der Waals surface area contributed by atoms with Gasteiger partial charge in [-0.3, -0.25) is 9.59 Å². The van der Waals surface area contributed by atoms with Crippen LogP contribution in [-0.2, 0) is 30.2 Å². The Labute approximate surface area is 281 Å². The van der Waals surface area contributed by atoms with Crippen LogP contribution in [0, 0.1) is 12.3 Å². The fourth-order valence-electron chi connectivity index (χ4n) is 6.43. The topological polar surface area (TPSA) is 160 Å². The summed E-state index contributed by atoms with van der Waals surface area (Å²) in [5.74, 6) is 2.90. The van der Waals surface area contributed by atoms with Crippen molar-refractivity contribution in [3.8, 4) is 12.3 Å². The van der Waals surface area contributed by atoms with Crippen molar-refractivity contribution < 1.29 is 28.6 Å². The largest absolute Gasteiger partial charge is 0.461 e. The van der Waals surface area contributed by atoms with Crippen LogP contribution < -0.4 is 16.4 Å². The molecule has 2 amide bonds. The van der Waals surface area contributed by atoms with Gasteiger partial charge in [0, 0.05) is 36.5 Å². The summed E-state index contributed by atoms with van der Waals surface area (Å²) in [5, 5.41) is 6.80. The van der Waals surface area contributed by atoms with Crippen molar-refractivity contribution >= 4 is 58.2 Å². The summed E-state index contributed by atoms with van der Waals surface area (Å²) in [6.45, 7) is -0.294. The molecule has 0 bridgehead atoms. The predicted molar refractivity (Wildman–Crippen MR) is 177 cm³/mol. The van der Waals surface area contributed by atoms with Crippen LogP contribution in [0.15, 0.2) is 42.6 Å². The maximum absolute atomic E-state index is 13.1. The number of anilines is 1. The molecule has 1 aromatic carbocycles. The molecule has 3 aliphatic rings. The highest BCUT2D eigenvalue weighted by molar-refractivity contribution is 8.00. The number of amides is 2. The van der Waals surface area contributed by atoms with Crippen LogP contribution in [-0.4, -0.2) is 73.9 Å². The first-order valence-corrected chi connectivity index (χ1v) is 17.2. The Bertz CT molecular complexity index is 1670. The summed E-state index contributed by atoms with van der Waals surface area (Å²) in [6, 6.07) is 11.8. The molecule has 0 saturated carbocycles. The molecule has 3 saturated heterocycles. The number of rotatable bonds is 13. The van der Waals surface area contributed by atoms with Gasteiger partial charge in [-0.2, -0.15) is 16.7 Å². The number of aryl methyl sites for hydroxylation is 1. The fraction of sp³-hybridized carbons (Fsp3) is 0.485. The van der Waals surface area contributed by atoms with E-state index in [0.717, 1.165) is 30.6 Å². The molecule has 2 aromatic heterocycles. The van der Waals surface area contributed by atoms with Crippen LogP contribution in [0.5, 0.6) is 0 Å². The average Bonchev–Trinajstić information content (AvgIpc) is 3.82. The SMILES string of the molecule is C#C[C@]1(COC(=O)CCCC[C@@H]2SC[C@@H]3NC(=O)N[C@@H]32)O[C@@H](n2ccc3c(N)nc(Cl)nc32)C[C@@H]1OC(=O)CCCc1ccccc1. The van der Waals surface area contributed by atoms with Crippen LogP contribution >= 0.6 is 23.4 Å². The number of nitrogens with one attached hydrogen (secondary N) is 2. The monoisotopic (exact) mass is 680 g/mol. The van der Waals surface area contributed by atoms with Gasteiger partial charge in [0.1, 0.15) is 30.4 Å². The number of halogens is 1. The third kappa shape index (κ3) is 7.45. The molecule has 0 radical (unpaired) electrons. The second kappa shape index (κ2) is 14.4. The number of unbranched alkanes of at least 4 members (excludes halogenated alkanes) is 1. The van der Waals surface area contributed by atoms with Gasteiger partial charge in [0.05, 0.1) is 17.5 Å². The van der Waals surface area contributed by atoms with E-state index in [0.29, 0.717) is 29.1 Å². The normalized spacial score (nSPS) is 26.4. The Kier molecular flexibility index (Phi) is 10.1. The maximum Gasteiger partial charge on any atom is 0.315 e. The Balaban J connectivity index is 1.08. The minimum Gasteiger partial charge on any atom is -0.461 e. The number of terminal acetylenes is 1. The summed E-state index contributed by atoms with van der Waals surface area (Å²) < 4.78 is 19.7. The Morgan fingerprint density at radius 2 is 1.96 bits per heavy atom. The molecule has 47 heavy (non-hydrogen) atoms. The number of fused-ring (bicyclic) bond motifs is 2. The number of nitrogens with two attached hydrogens (primary N) is 1. The molecular weight excluding hydrogens is 644 g/mol. The zero-order chi connectivity index (χ0) is 33.0. The summed E-state index contributed by atoms with van der Waals surface area (Å²) in [6.07, 6.45) is 10.4. The van der Waals surface area contributed by atoms with E-state index in [9.17, 15) is 14.4 Å². The van der Waals surface area contributed by atoms with E-state index < -0.39 is 29.9 Å². The van der Waals surface area contributed by atoms with Gasteiger partial charge in [-0.05, 0) is 48.9 Å². The Morgan fingerprint density at radius 1 is 1.15 bits per heavy atom. The van der Waals surface area contributed by atoms with Gasteiger partial charge >= 0.3 is 18.0 Å². The molecule has 4 N–H and O–H groups in total. The molecule has 5 heterocycles. The van der Waals surface area contributed by atoms with Crippen LogP contribution in [0.4, 0.5) is 10.6 Å². The summed E-state index contributed by atoms with van der Waals surface area (Å²) in [5.41, 5.74) is 6.09. The number of esters is 2. The molecule has 6 rings (SSSR count). The molecule has 3 aliphatic heterocycles. The predicted octanol–water partition coefficient (Wildman–Crippen LogP) is 4.16. The number of urea groups is 1. The zero-order valence-corrected chi connectivity index (χ0v) is 27.3. The smallest absolute Gasteiger partial charge is 0.315 e. The molecule has 3 aromatic rings. The standard InChI is InChI=1S/C33H37ClN6O6S/c1-2-33(19-44-26(41)13-7-6-12-23-28-22(18-47-23)36-32(43)37-28)24(45-27(42)14-8-11-20-9-4-3-5-10-20)17-25(46-33)40-16-15-21-29(35)38-31(34)39-30(21)40/h1,3-5,9-10,15-16,22-25,28H,6-8,11-14,17-19H2,(H2,35,38,39)(H2,36,37,43)/t22-,23-,24-,25+,28-,33+/m0/s1. The van der Waals surface area contributed by atoms with E-state index in [1.54, 1.807) is 16.8 Å². The molecule has 3 fully saturated rings. The summed E-state index contributed by atoms with van der Waals surface area (Å²) in [4.78, 5) is 45.9. The molecule has 12 nitrogen and oxygen atoms in total. The molecule has 0 aliphatic carbocycles. The first kappa shape index (κ1) is 32.9. The second-order valence-corrected chi connectivity index (χ2v) is 13.6. The minimum absolute atomic E-state index is 0.0255. The Hall–Kier alpha value is -3.99. The van der Waals surface area contributed by atoms with Crippen LogP contribution in [0.2, 0.25) is 5.28 Å². The number of hydrogen-bond acceptors (Lipinski definition) is 10. The van der Waals surface area contributed by atoms with Crippen molar-refractivity contribution in [1.82, 2.24) is 25.2 Å². The maximum atomic E-state index is 13.1. The van der Waals surface area contributed by atoms with Gasteiger partial charge in [-0.15, -0.1) is 6.42 Å². The molecule has 248 valence electrons. The van der Waals surface area contributed by atoms with Gasteiger partial charge in [0.2, 0.25) is 10.9 Å². The number of hydrogen-bond donors (Lipinski definition) is 3. The lowest BCUT2D eigenvalue weighted by Gasteiger charge is -2.28. The Morgan fingerprint density at radius 3 is 2.77 bits per heavy atom. The number of ether oxygens (including phenoxy) is 3. The van der Waals surface area contributed by atoms with Crippen LogP contribution in [0.3, 0.4) is 0 Å². The quantitative estimate of drug-likeness (QED) is 0.0787. The lowest BCUT2D eigenvalue weighted by molar-refractivity contribution is -0.166. The molecular formula is C33H37ClN6O6S. The number of thioether (sulfide) groups is 1. The van der Waals surface area contributed by atoms with E-state index in [2.05, 4.69) is 26.5 Å². The van der Waals surface area contributed by atoms with E-state index in [4.69, 9.17) is 38.0 Å².